The van der Waals surface area contributed by atoms with Crippen molar-refractivity contribution in [3.05, 3.63) is 35.4 Å². The van der Waals surface area contributed by atoms with Gasteiger partial charge in [0, 0.05) is 25.9 Å². The minimum absolute atomic E-state index is 0.00977. The van der Waals surface area contributed by atoms with Crippen molar-refractivity contribution in [2.75, 3.05) is 13.1 Å². The van der Waals surface area contributed by atoms with Crippen LogP contribution in [0.2, 0.25) is 0 Å². The summed E-state index contributed by atoms with van der Waals surface area (Å²) in [6.07, 6.45) is 0.344. The molecular weight excluding hydrogens is 375 g/mol. The van der Waals surface area contributed by atoms with Crippen LogP contribution in [0.25, 0.3) is 0 Å². The molecule has 1 aromatic carbocycles. The number of halogens is 1. The Kier molecular flexibility index (Phi) is 5.70. The number of carbonyl (C=O) groups excluding carboxylic acids is 3. The van der Waals surface area contributed by atoms with Crippen LogP contribution in [0.1, 0.15) is 64.0 Å². The number of nitrogens with one attached hydrogen (secondary N) is 1. The molecule has 0 aromatic heterocycles. The smallest absolute Gasteiger partial charge is 0.410 e. The number of piperidine rings is 2. The Labute approximate surface area is 170 Å². The summed E-state index contributed by atoms with van der Waals surface area (Å²) >= 11 is 0. The number of imide groups is 1. The number of likely N-dealkylation sites (tertiary alicyclic amines) is 1. The van der Waals surface area contributed by atoms with E-state index in [2.05, 4.69) is 12.2 Å². The molecule has 2 aliphatic heterocycles. The molecule has 0 saturated carbocycles. The Balaban J connectivity index is 1.67. The summed E-state index contributed by atoms with van der Waals surface area (Å²) in [7, 11) is 0. The van der Waals surface area contributed by atoms with Crippen LogP contribution in [0.4, 0.5) is 9.18 Å². The number of alkyl halides is 1. The molecule has 2 aliphatic rings. The average molecular weight is 404 g/mol. The van der Waals surface area contributed by atoms with Crippen molar-refractivity contribution in [2.45, 2.75) is 64.1 Å². The lowest BCUT2D eigenvalue weighted by molar-refractivity contribution is -0.144. The second-order valence-corrected chi connectivity index (χ2v) is 9.10. The first kappa shape index (κ1) is 21.3. The largest absolute Gasteiger partial charge is 0.444 e. The van der Waals surface area contributed by atoms with Gasteiger partial charge in [0.25, 0.3) is 5.91 Å². The molecule has 0 aliphatic carbocycles. The highest BCUT2D eigenvalue weighted by atomic mass is 19.1. The van der Waals surface area contributed by atoms with Crippen molar-refractivity contribution in [2.24, 2.45) is 5.92 Å². The van der Waals surface area contributed by atoms with Crippen LogP contribution in [0.3, 0.4) is 0 Å². The maximum atomic E-state index is 15.2. The van der Waals surface area contributed by atoms with E-state index in [4.69, 9.17) is 4.74 Å². The lowest BCUT2D eigenvalue weighted by atomic mass is 9.80. The summed E-state index contributed by atoms with van der Waals surface area (Å²) in [6.45, 7) is 8.84. The molecule has 0 spiro atoms. The van der Waals surface area contributed by atoms with Gasteiger partial charge in [-0.15, -0.1) is 0 Å². The van der Waals surface area contributed by atoms with Gasteiger partial charge in [-0.2, -0.15) is 0 Å². The summed E-state index contributed by atoms with van der Waals surface area (Å²) < 4.78 is 20.6. The van der Waals surface area contributed by atoms with Crippen LogP contribution in [0.5, 0.6) is 0 Å². The first-order chi connectivity index (χ1) is 13.5. The van der Waals surface area contributed by atoms with Crippen molar-refractivity contribution in [1.29, 1.82) is 0 Å². The topological polar surface area (TPSA) is 75.7 Å². The van der Waals surface area contributed by atoms with E-state index < -0.39 is 23.1 Å². The number of nitrogens with zero attached hydrogens (tertiary/aromatic N) is 1. The van der Waals surface area contributed by atoms with Gasteiger partial charge in [-0.3, -0.25) is 14.9 Å². The van der Waals surface area contributed by atoms with Crippen LogP contribution in [-0.4, -0.2) is 41.5 Å². The zero-order valence-electron chi connectivity index (χ0n) is 17.5. The Morgan fingerprint density at radius 2 is 1.90 bits per heavy atom. The third kappa shape index (κ3) is 4.60. The molecule has 1 aromatic rings. The molecule has 2 unspecified atom stereocenters. The molecule has 2 heterocycles. The van der Waals surface area contributed by atoms with Crippen LogP contribution in [-0.2, 0) is 20.0 Å². The molecule has 2 fully saturated rings. The predicted molar refractivity (Wildman–Crippen MR) is 106 cm³/mol. The van der Waals surface area contributed by atoms with Gasteiger partial charge in [0.05, 0.1) is 0 Å². The van der Waals surface area contributed by atoms with E-state index in [-0.39, 0.29) is 36.3 Å². The van der Waals surface area contributed by atoms with Gasteiger partial charge >= 0.3 is 6.09 Å². The fraction of sp³-hybridized carbons (Fsp3) is 0.591. The van der Waals surface area contributed by atoms with E-state index in [0.717, 1.165) is 12.0 Å². The SMILES string of the molecule is CC1CN(C(=O)OC(C)(C)C)CCC1c1ccc([C@]2(F)CCC(=O)NC2=O)cc1. The number of hydrogen-bond donors (Lipinski definition) is 1. The summed E-state index contributed by atoms with van der Waals surface area (Å²) in [4.78, 5) is 37.4. The predicted octanol–water partition coefficient (Wildman–Crippen LogP) is 3.65. The molecule has 0 bridgehead atoms. The van der Waals surface area contributed by atoms with E-state index in [1.54, 1.807) is 17.0 Å². The van der Waals surface area contributed by atoms with Crippen molar-refractivity contribution < 1.29 is 23.5 Å². The summed E-state index contributed by atoms with van der Waals surface area (Å²) in [5, 5.41) is 2.08. The van der Waals surface area contributed by atoms with E-state index in [1.165, 1.54) is 0 Å². The number of amides is 3. The molecule has 2 saturated heterocycles. The second-order valence-electron chi connectivity index (χ2n) is 9.10. The van der Waals surface area contributed by atoms with Crippen molar-refractivity contribution in [1.82, 2.24) is 10.2 Å². The molecule has 3 atom stereocenters. The van der Waals surface area contributed by atoms with Gasteiger partial charge in [0.15, 0.2) is 0 Å². The quantitative estimate of drug-likeness (QED) is 0.764. The lowest BCUT2D eigenvalue weighted by Gasteiger charge is -2.38. The van der Waals surface area contributed by atoms with E-state index in [0.29, 0.717) is 13.1 Å². The van der Waals surface area contributed by atoms with Crippen LogP contribution >= 0.6 is 0 Å². The fourth-order valence-corrected chi connectivity index (χ4v) is 4.09. The standard InChI is InChI=1S/C22H29FN2O4/c1-14-13-25(20(28)29-21(2,3)4)12-10-17(14)15-5-7-16(8-6-15)22(23)11-9-18(26)24-19(22)27/h5-8,14,17H,9-13H2,1-4H3,(H,24,26,27)/t14?,17?,22-/m1/s1. The zero-order chi connectivity index (χ0) is 21.4. The maximum Gasteiger partial charge on any atom is 0.410 e. The molecule has 6 nitrogen and oxygen atoms in total. The van der Waals surface area contributed by atoms with Crippen molar-refractivity contribution in [3.8, 4) is 0 Å². The third-order valence-electron chi connectivity index (χ3n) is 5.66. The fourth-order valence-electron chi connectivity index (χ4n) is 4.09. The van der Waals surface area contributed by atoms with Crippen LogP contribution in [0, 0.1) is 5.92 Å². The number of benzene rings is 1. The van der Waals surface area contributed by atoms with Gasteiger partial charge in [0.1, 0.15) is 5.60 Å². The summed E-state index contributed by atoms with van der Waals surface area (Å²) in [5.41, 5.74) is -1.37. The van der Waals surface area contributed by atoms with E-state index in [1.807, 2.05) is 32.9 Å². The van der Waals surface area contributed by atoms with E-state index in [9.17, 15) is 14.4 Å². The highest BCUT2D eigenvalue weighted by Gasteiger charge is 2.44. The molecule has 1 N–H and O–H groups in total. The van der Waals surface area contributed by atoms with E-state index >= 15 is 4.39 Å². The molecule has 7 heteroatoms. The highest BCUT2D eigenvalue weighted by Crippen LogP contribution is 2.37. The van der Waals surface area contributed by atoms with Gasteiger partial charge < -0.3 is 9.64 Å². The molecule has 0 radical (unpaired) electrons. The Bertz CT molecular complexity index is 802. The normalized spacial score (nSPS) is 28.1. The molecule has 29 heavy (non-hydrogen) atoms. The molecular formula is C22H29FN2O4. The molecule has 3 rings (SSSR count). The van der Waals surface area contributed by atoms with Gasteiger partial charge in [-0.25, -0.2) is 9.18 Å². The number of rotatable bonds is 2. The molecule has 158 valence electrons. The maximum absolute atomic E-state index is 15.2. The van der Waals surface area contributed by atoms with Gasteiger partial charge in [-0.05, 0) is 50.2 Å². The Morgan fingerprint density at radius 1 is 1.24 bits per heavy atom. The van der Waals surface area contributed by atoms with Crippen LogP contribution < -0.4 is 5.32 Å². The van der Waals surface area contributed by atoms with Gasteiger partial charge in [-0.1, -0.05) is 31.2 Å². The number of hydrogen-bond acceptors (Lipinski definition) is 4. The number of carbonyl (C=O) groups is 3. The minimum Gasteiger partial charge on any atom is -0.444 e. The first-order valence-corrected chi connectivity index (χ1v) is 10.1. The average Bonchev–Trinajstić information content (AvgIpc) is 2.64. The summed E-state index contributed by atoms with van der Waals surface area (Å²) in [6, 6.07) is 6.98. The Hall–Kier alpha value is -2.44. The third-order valence-corrected chi connectivity index (χ3v) is 5.66. The number of ether oxygens (including phenoxy) is 1. The van der Waals surface area contributed by atoms with Crippen molar-refractivity contribution in [3.63, 3.8) is 0 Å². The first-order valence-electron chi connectivity index (χ1n) is 10.1. The zero-order valence-corrected chi connectivity index (χ0v) is 17.5. The highest BCUT2D eigenvalue weighted by molar-refractivity contribution is 6.02. The lowest BCUT2D eigenvalue weighted by Crippen LogP contribution is -2.49. The summed E-state index contributed by atoms with van der Waals surface area (Å²) in [5.74, 6) is -0.872. The monoisotopic (exact) mass is 404 g/mol. The Morgan fingerprint density at radius 3 is 2.45 bits per heavy atom. The molecule has 3 amide bonds. The minimum atomic E-state index is -2.17. The van der Waals surface area contributed by atoms with Gasteiger partial charge in [0.2, 0.25) is 11.6 Å². The second kappa shape index (κ2) is 7.76. The van der Waals surface area contributed by atoms with Crippen LogP contribution in [0.15, 0.2) is 24.3 Å². The van der Waals surface area contributed by atoms with Crippen molar-refractivity contribution >= 4 is 17.9 Å².